The van der Waals surface area contributed by atoms with E-state index in [0.29, 0.717) is 37.8 Å². The second kappa shape index (κ2) is 11.6. The van der Waals surface area contributed by atoms with E-state index in [1.54, 1.807) is 35.9 Å². The number of anilines is 1. The number of nitrogens with zero attached hydrogens (tertiary/aromatic N) is 5. The summed E-state index contributed by atoms with van der Waals surface area (Å²) in [5.41, 5.74) is 12.4. The lowest BCUT2D eigenvalue weighted by atomic mass is 10.0. The summed E-state index contributed by atoms with van der Waals surface area (Å²) in [6, 6.07) is 9.27. The van der Waals surface area contributed by atoms with E-state index >= 15 is 0 Å². The van der Waals surface area contributed by atoms with E-state index in [9.17, 15) is 14.4 Å². The van der Waals surface area contributed by atoms with Crippen LogP contribution in [0.15, 0.2) is 41.3 Å². The topological polar surface area (TPSA) is 143 Å². The van der Waals surface area contributed by atoms with Crippen LogP contribution in [0.1, 0.15) is 45.6 Å². The summed E-state index contributed by atoms with van der Waals surface area (Å²) < 4.78 is 1.45. The summed E-state index contributed by atoms with van der Waals surface area (Å²) in [7, 11) is 0. The number of rotatable bonds is 6. The minimum atomic E-state index is -0.959. The van der Waals surface area contributed by atoms with Crippen molar-refractivity contribution in [3.63, 3.8) is 0 Å². The number of piperazine rings is 1. The molecular formula is C27H40N8O3. The highest BCUT2D eigenvalue weighted by Gasteiger charge is 2.35. The van der Waals surface area contributed by atoms with Crippen molar-refractivity contribution in [1.29, 1.82) is 0 Å². The van der Waals surface area contributed by atoms with Crippen molar-refractivity contribution in [2.75, 3.05) is 38.0 Å². The molecule has 0 radical (unpaired) electrons. The maximum atomic E-state index is 13.0. The lowest BCUT2D eigenvalue weighted by Crippen LogP contribution is -2.61. The van der Waals surface area contributed by atoms with Crippen LogP contribution in [0.2, 0.25) is 0 Å². The van der Waals surface area contributed by atoms with Gasteiger partial charge in [0.05, 0.1) is 17.3 Å². The highest BCUT2D eigenvalue weighted by atomic mass is 16.2. The van der Waals surface area contributed by atoms with Gasteiger partial charge in [0.1, 0.15) is 5.82 Å². The highest BCUT2D eigenvalue weighted by molar-refractivity contribution is 5.89. The number of carbonyl (C=O) groups excluding carboxylic acids is 2. The van der Waals surface area contributed by atoms with Crippen LogP contribution >= 0.6 is 0 Å². The summed E-state index contributed by atoms with van der Waals surface area (Å²) in [6.07, 6.45) is 4.33. The molecule has 11 nitrogen and oxygen atoms in total. The van der Waals surface area contributed by atoms with Crippen molar-refractivity contribution in [3.05, 3.63) is 52.6 Å². The van der Waals surface area contributed by atoms with Gasteiger partial charge < -0.3 is 21.3 Å². The van der Waals surface area contributed by atoms with E-state index in [4.69, 9.17) is 11.5 Å². The number of urea groups is 1. The molecule has 1 aromatic heterocycles. The van der Waals surface area contributed by atoms with Gasteiger partial charge in [-0.2, -0.15) is 4.98 Å². The summed E-state index contributed by atoms with van der Waals surface area (Å²) >= 11 is 0. The first-order valence-corrected chi connectivity index (χ1v) is 13.4. The van der Waals surface area contributed by atoms with Gasteiger partial charge in [0.15, 0.2) is 0 Å². The first kappa shape index (κ1) is 27.7. The molecule has 3 heterocycles. The number of carbonyl (C=O) groups is 2. The molecule has 3 amide bonds. The van der Waals surface area contributed by atoms with Crippen LogP contribution in [-0.4, -0.2) is 86.5 Å². The van der Waals surface area contributed by atoms with E-state index < -0.39 is 11.2 Å². The van der Waals surface area contributed by atoms with Crippen LogP contribution < -0.4 is 22.5 Å². The molecule has 1 unspecified atom stereocenters. The molecule has 206 valence electrons. The van der Waals surface area contributed by atoms with Gasteiger partial charge in [-0.15, -0.1) is 0 Å². The number of piperidine rings is 1. The molecule has 2 fully saturated rings. The summed E-state index contributed by atoms with van der Waals surface area (Å²) in [5, 5.41) is 2.75. The quantitative estimate of drug-likeness (QED) is 0.518. The van der Waals surface area contributed by atoms with E-state index in [1.807, 2.05) is 31.2 Å². The minimum Gasteiger partial charge on any atom is -0.337 e. The Labute approximate surface area is 223 Å². The average Bonchev–Trinajstić information content (AvgIpc) is 2.89. The molecular weight excluding hydrogens is 484 g/mol. The van der Waals surface area contributed by atoms with Gasteiger partial charge in [-0.1, -0.05) is 19.1 Å². The van der Waals surface area contributed by atoms with Gasteiger partial charge in [-0.05, 0) is 70.0 Å². The summed E-state index contributed by atoms with van der Waals surface area (Å²) in [5.74, 6) is 0.0539. The Balaban J connectivity index is 1.37. The SMILES string of the molecule is CCC1CN(C(=O)C(C)(C)N)CCN1C(=O)Nc1ccn(-c2ccc(CN3CCC(N)CC3)cc2)c(=O)n1. The molecule has 11 heteroatoms. The van der Waals surface area contributed by atoms with Crippen molar-refractivity contribution in [2.45, 2.75) is 64.2 Å². The predicted molar refractivity (Wildman–Crippen MR) is 147 cm³/mol. The van der Waals surface area contributed by atoms with E-state index in [0.717, 1.165) is 32.5 Å². The summed E-state index contributed by atoms with van der Waals surface area (Å²) in [6.45, 7) is 9.39. The third-order valence-corrected chi connectivity index (χ3v) is 7.34. The number of likely N-dealkylation sites (tertiary alicyclic amines) is 1. The first-order valence-electron chi connectivity index (χ1n) is 13.4. The number of hydrogen-bond donors (Lipinski definition) is 3. The van der Waals surface area contributed by atoms with E-state index in [2.05, 4.69) is 15.2 Å². The molecule has 38 heavy (non-hydrogen) atoms. The number of nitrogens with one attached hydrogen (secondary N) is 1. The predicted octanol–water partition coefficient (Wildman–Crippen LogP) is 1.35. The molecule has 2 aliphatic rings. The maximum Gasteiger partial charge on any atom is 0.354 e. The van der Waals surface area contributed by atoms with Gasteiger partial charge in [-0.3, -0.25) is 19.6 Å². The lowest BCUT2D eigenvalue weighted by Gasteiger charge is -2.42. The van der Waals surface area contributed by atoms with Crippen molar-refractivity contribution < 1.29 is 9.59 Å². The molecule has 0 saturated carbocycles. The number of amides is 3. The largest absolute Gasteiger partial charge is 0.354 e. The highest BCUT2D eigenvalue weighted by Crippen LogP contribution is 2.18. The van der Waals surface area contributed by atoms with Crippen molar-refractivity contribution in [2.24, 2.45) is 11.5 Å². The molecule has 0 spiro atoms. The molecule has 5 N–H and O–H groups in total. The zero-order valence-corrected chi connectivity index (χ0v) is 22.6. The second-order valence-electron chi connectivity index (χ2n) is 10.9. The monoisotopic (exact) mass is 524 g/mol. The molecule has 2 saturated heterocycles. The number of nitrogens with two attached hydrogens (primary N) is 2. The van der Waals surface area contributed by atoms with Crippen molar-refractivity contribution >= 4 is 17.8 Å². The minimum absolute atomic E-state index is 0.134. The van der Waals surface area contributed by atoms with Crippen LogP contribution in [-0.2, 0) is 11.3 Å². The van der Waals surface area contributed by atoms with Gasteiger partial charge in [0, 0.05) is 38.4 Å². The van der Waals surface area contributed by atoms with Crippen molar-refractivity contribution in [3.8, 4) is 5.69 Å². The van der Waals surface area contributed by atoms with E-state index in [-0.39, 0.29) is 23.8 Å². The van der Waals surface area contributed by atoms with Crippen LogP contribution in [0, 0.1) is 0 Å². The van der Waals surface area contributed by atoms with Crippen molar-refractivity contribution in [1.82, 2.24) is 24.3 Å². The second-order valence-corrected chi connectivity index (χ2v) is 10.9. The third-order valence-electron chi connectivity index (χ3n) is 7.34. The smallest absolute Gasteiger partial charge is 0.337 e. The molecule has 1 atom stereocenters. The maximum absolute atomic E-state index is 13.0. The zero-order valence-electron chi connectivity index (χ0n) is 22.6. The number of aromatic nitrogens is 2. The number of benzene rings is 1. The van der Waals surface area contributed by atoms with Crippen LogP contribution in [0.25, 0.3) is 5.69 Å². The average molecular weight is 525 g/mol. The fraction of sp³-hybridized carbons (Fsp3) is 0.556. The van der Waals surface area contributed by atoms with Gasteiger partial charge in [0.25, 0.3) is 0 Å². The Hall–Kier alpha value is -3.28. The van der Waals surface area contributed by atoms with Crippen LogP contribution in [0.3, 0.4) is 0 Å². The Kier molecular flexibility index (Phi) is 8.49. The Morgan fingerprint density at radius 1 is 1.08 bits per heavy atom. The normalized spacial score (nSPS) is 19.4. The zero-order chi connectivity index (χ0) is 27.4. The van der Waals surface area contributed by atoms with Crippen LogP contribution in [0.4, 0.5) is 10.6 Å². The number of hydrogen-bond acceptors (Lipinski definition) is 7. The molecule has 0 aliphatic carbocycles. The lowest BCUT2D eigenvalue weighted by molar-refractivity contribution is -0.138. The van der Waals surface area contributed by atoms with E-state index in [1.165, 1.54) is 10.1 Å². The molecule has 4 rings (SSSR count). The fourth-order valence-corrected chi connectivity index (χ4v) is 5.05. The first-order chi connectivity index (χ1) is 18.0. The van der Waals surface area contributed by atoms with Gasteiger partial charge >= 0.3 is 11.7 Å². The standard InChI is InChI=1S/C27H40N8O3/c1-4-21-18-33(24(36)27(2,3)29)15-16-35(21)26(38)31-23-11-14-34(25(37)30-23)22-7-5-19(6-8-22)17-32-12-9-20(28)10-13-32/h5-8,11,14,20-21H,4,9-10,12-13,15-18,28-29H2,1-3H3,(H,30,31,37,38). The molecule has 0 bridgehead atoms. The van der Waals surface area contributed by atoms with Gasteiger partial charge in [-0.25, -0.2) is 9.59 Å². The molecule has 2 aliphatic heterocycles. The Morgan fingerprint density at radius 3 is 2.37 bits per heavy atom. The van der Waals surface area contributed by atoms with Gasteiger partial charge in [0.2, 0.25) is 5.91 Å². The van der Waals surface area contributed by atoms with Crippen LogP contribution in [0.5, 0.6) is 0 Å². The fourth-order valence-electron chi connectivity index (χ4n) is 5.05. The Morgan fingerprint density at radius 2 is 1.76 bits per heavy atom. The summed E-state index contributed by atoms with van der Waals surface area (Å²) in [4.78, 5) is 48.3. The molecule has 2 aromatic rings. The Bertz CT molecular complexity index is 1180. The molecule has 1 aromatic carbocycles. The third kappa shape index (κ3) is 6.58.